The molecule has 1 aliphatic rings. The Labute approximate surface area is 178 Å². The third-order valence-electron chi connectivity index (χ3n) is 5.16. The van der Waals surface area contributed by atoms with Crippen LogP contribution in [0.2, 0.25) is 0 Å². The molecule has 2 aromatic rings. The predicted octanol–water partition coefficient (Wildman–Crippen LogP) is 5.08. The largest absolute Gasteiger partial charge is 0.497 e. The van der Waals surface area contributed by atoms with E-state index in [0.29, 0.717) is 11.3 Å². The van der Waals surface area contributed by atoms with Crippen LogP contribution in [0.4, 0.5) is 5.69 Å². The molecule has 0 aromatic heterocycles. The molecule has 0 saturated carbocycles. The molecule has 3 rings (SSSR count). The van der Waals surface area contributed by atoms with Gasteiger partial charge in [0, 0.05) is 22.2 Å². The van der Waals surface area contributed by atoms with E-state index in [9.17, 15) is 9.59 Å². The molecule has 1 amide bonds. The molecule has 2 aromatic carbocycles. The number of nitrogens with one attached hydrogen (secondary N) is 1. The van der Waals surface area contributed by atoms with E-state index in [2.05, 4.69) is 25.2 Å². The normalized spacial score (nSPS) is 15.1. The van der Waals surface area contributed by atoms with Gasteiger partial charge in [0.2, 0.25) is 5.91 Å². The second-order valence-corrected chi connectivity index (χ2v) is 9.45. The number of amides is 1. The topological polar surface area (TPSA) is 67.8 Å². The Balaban J connectivity index is 1.80. The van der Waals surface area contributed by atoms with E-state index < -0.39 is 5.41 Å². The Morgan fingerprint density at radius 3 is 2.37 bits per heavy atom. The average molecular weight is 407 g/mol. The number of carbonyl (C=O) groups is 2. The van der Waals surface area contributed by atoms with E-state index in [-0.39, 0.29) is 23.7 Å². The van der Waals surface area contributed by atoms with Crippen molar-refractivity contribution in [2.75, 3.05) is 12.4 Å². The molecule has 0 fully saturated rings. The van der Waals surface area contributed by atoms with E-state index in [1.807, 2.05) is 32.9 Å². The molecular weight excluding hydrogens is 376 g/mol. The van der Waals surface area contributed by atoms with Crippen molar-refractivity contribution in [1.82, 2.24) is 0 Å². The number of rotatable bonds is 5. The van der Waals surface area contributed by atoms with E-state index >= 15 is 0 Å². The van der Waals surface area contributed by atoms with Crippen LogP contribution in [0.5, 0.6) is 5.75 Å². The molecule has 0 atom stereocenters. The van der Waals surface area contributed by atoms with Crippen molar-refractivity contribution in [2.45, 2.75) is 53.0 Å². The van der Waals surface area contributed by atoms with Gasteiger partial charge in [-0.2, -0.15) is 0 Å². The Hall–Kier alpha value is -2.95. The van der Waals surface area contributed by atoms with Gasteiger partial charge in [0.25, 0.3) is 0 Å². The summed E-state index contributed by atoms with van der Waals surface area (Å²) in [6.07, 6.45) is 1.05. The number of carbonyl (C=O) groups excluding carboxylic acids is 2. The Bertz CT molecular complexity index is 996. The number of hydrogen-bond acceptors (Lipinski definition) is 4. The van der Waals surface area contributed by atoms with Crippen molar-refractivity contribution < 1.29 is 14.3 Å². The minimum atomic E-state index is -0.477. The fourth-order valence-corrected chi connectivity index (χ4v) is 3.48. The average Bonchev–Trinajstić information content (AvgIpc) is 2.66. The Morgan fingerprint density at radius 2 is 1.77 bits per heavy atom. The van der Waals surface area contributed by atoms with Gasteiger partial charge in [-0.3, -0.25) is 14.6 Å². The molecule has 0 unspecified atom stereocenters. The number of hydrogen-bond donors (Lipinski definition) is 1. The van der Waals surface area contributed by atoms with Gasteiger partial charge in [0.1, 0.15) is 5.75 Å². The van der Waals surface area contributed by atoms with E-state index in [1.54, 1.807) is 31.4 Å². The first-order chi connectivity index (χ1) is 14.0. The molecule has 1 aliphatic heterocycles. The van der Waals surface area contributed by atoms with Crippen LogP contribution < -0.4 is 10.1 Å². The van der Waals surface area contributed by atoms with Crippen LogP contribution in [-0.4, -0.2) is 30.1 Å². The Morgan fingerprint density at radius 1 is 1.10 bits per heavy atom. The van der Waals surface area contributed by atoms with Gasteiger partial charge < -0.3 is 10.1 Å². The number of benzene rings is 2. The van der Waals surface area contributed by atoms with Gasteiger partial charge in [-0.15, -0.1) is 0 Å². The molecule has 0 spiro atoms. The molecule has 1 N–H and O–H groups in total. The smallest absolute Gasteiger partial charge is 0.229 e. The Kier molecular flexibility index (Phi) is 5.84. The lowest BCUT2D eigenvalue weighted by molar-refractivity contribution is -0.123. The zero-order chi connectivity index (χ0) is 22.1. The highest BCUT2D eigenvalue weighted by atomic mass is 16.5. The monoisotopic (exact) mass is 406 g/mol. The van der Waals surface area contributed by atoms with Gasteiger partial charge in [0.05, 0.1) is 24.8 Å². The highest BCUT2D eigenvalue weighted by molar-refractivity contribution is 6.17. The van der Waals surface area contributed by atoms with Crippen LogP contribution in [0, 0.1) is 5.41 Å². The molecule has 0 aliphatic carbocycles. The predicted molar refractivity (Wildman–Crippen MR) is 121 cm³/mol. The zero-order valence-electron chi connectivity index (χ0n) is 18.6. The van der Waals surface area contributed by atoms with Crippen LogP contribution in [0.3, 0.4) is 0 Å². The minimum absolute atomic E-state index is 0.00563. The molecule has 1 heterocycles. The van der Waals surface area contributed by atoms with Crippen LogP contribution in [0.25, 0.3) is 0 Å². The lowest BCUT2D eigenvalue weighted by atomic mass is 9.85. The zero-order valence-corrected chi connectivity index (χ0v) is 18.6. The third-order valence-corrected chi connectivity index (χ3v) is 5.16. The second-order valence-electron chi connectivity index (χ2n) is 9.45. The first kappa shape index (κ1) is 21.8. The number of aliphatic imine (C=N–C) groups is 1. The summed E-state index contributed by atoms with van der Waals surface area (Å²) in [7, 11) is 1.64. The highest BCUT2D eigenvalue weighted by Crippen LogP contribution is 2.31. The molecule has 0 bridgehead atoms. The van der Waals surface area contributed by atoms with Gasteiger partial charge >= 0.3 is 0 Å². The van der Waals surface area contributed by atoms with Crippen molar-refractivity contribution in [1.29, 1.82) is 0 Å². The quantitative estimate of drug-likeness (QED) is 0.705. The number of nitrogens with zero attached hydrogens (tertiary/aromatic N) is 1. The van der Waals surface area contributed by atoms with Crippen LogP contribution in [0.15, 0.2) is 47.5 Å². The summed E-state index contributed by atoms with van der Waals surface area (Å²) in [5, 5.41) is 2.88. The first-order valence-corrected chi connectivity index (χ1v) is 10.2. The van der Waals surface area contributed by atoms with E-state index in [1.165, 1.54) is 5.56 Å². The fraction of sp³-hybridized carbons (Fsp3) is 0.400. The summed E-state index contributed by atoms with van der Waals surface area (Å²) < 4.78 is 5.36. The SMILES string of the molecule is COc1ccc2c(c1)C(CC(=O)c1ccc(NC(=O)C(C)(C)C)cc1)=NC(C)(C)C2. The lowest BCUT2D eigenvalue weighted by Gasteiger charge is -2.29. The summed E-state index contributed by atoms with van der Waals surface area (Å²) in [6.45, 7) is 9.74. The van der Waals surface area contributed by atoms with Gasteiger partial charge in [-0.05, 0) is 62.2 Å². The summed E-state index contributed by atoms with van der Waals surface area (Å²) in [5.74, 6) is 0.687. The lowest BCUT2D eigenvalue weighted by Crippen LogP contribution is -2.30. The molecule has 0 radical (unpaired) electrons. The summed E-state index contributed by atoms with van der Waals surface area (Å²) >= 11 is 0. The summed E-state index contributed by atoms with van der Waals surface area (Å²) in [4.78, 5) is 30.0. The number of ketones is 1. The van der Waals surface area contributed by atoms with Crippen molar-refractivity contribution in [2.24, 2.45) is 10.4 Å². The summed E-state index contributed by atoms with van der Waals surface area (Å²) in [5.41, 5.74) is 3.50. The third kappa shape index (κ3) is 4.96. The van der Waals surface area contributed by atoms with Crippen LogP contribution in [-0.2, 0) is 11.2 Å². The number of Topliss-reactive ketones (excluding diaryl/α,β-unsaturated/α-hetero) is 1. The van der Waals surface area contributed by atoms with Crippen molar-refractivity contribution in [3.8, 4) is 5.75 Å². The van der Waals surface area contributed by atoms with Crippen molar-refractivity contribution >= 4 is 23.1 Å². The minimum Gasteiger partial charge on any atom is -0.497 e. The number of ether oxygens (including phenoxy) is 1. The molecule has 30 heavy (non-hydrogen) atoms. The number of methoxy groups -OCH3 is 1. The standard InChI is InChI=1S/C25H30N2O3/c1-24(2,3)23(29)26-18-10-7-16(8-11-18)22(28)14-21-20-13-19(30-6)12-9-17(20)15-25(4,5)27-21/h7-13H,14-15H2,1-6H3,(H,26,29). The number of anilines is 1. The highest BCUT2D eigenvalue weighted by Gasteiger charge is 2.28. The van der Waals surface area contributed by atoms with E-state index in [4.69, 9.17) is 9.73 Å². The maximum atomic E-state index is 13.0. The molecular formula is C25H30N2O3. The molecule has 158 valence electrons. The van der Waals surface area contributed by atoms with Crippen molar-refractivity contribution in [3.63, 3.8) is 0 Å². The van der Waals surface area contributed by atoms with Crippen LogP contribution >= 0.6 is 0 Å². The first-order valence-electron chi connectivity index (χ1n) is 10.2. The second kappa shape index (κ2) is 8.05. The van der Waals surface area contributed by atoms with Crippen molar-refractivity contribution in [3.05, 3.63) is 59.2 Å². The van der Waals surface area contributed by atoms with E-state index in [0.717, 1.165) is 23.4 Å². The molecule has 5 heteroatoms. The fourth-order valence-electron chi connectivity index (χ4n) is 3.48. The summed E-state index contributed by atoms with van der Waals surface area (Å²) in [6, 6.07) is 13.0. The van der Waals surface area contributed by atoms with Crippen LogP contribution in [0.1, 0.15) is 62.5 Å². The van der Waals surface area contributed by atoms with Gasteiger partial charge in [0.15, 0.2) is 5.78 Å². The maximum absolute atomic E-state index is 13.0. The maximum Gasteiger partial charge on any atom is 0.229 e. The van der Waals surface area contributed by atoms with Gasteiger partial charge in [-0.25, -0.2) is 0 Å². The number of fused-ring (bicyclic) bond motifs is 1. The molecule has 0 saturated heterocycles. The van der Waals surface area contributed by atoms with Gasteiger partial charge in [-0.1, -0.05) is 26.8 Å². The molecule has 5 nitrogen and oxygen atoms in total.